The third-order valence-electron chi connectivity index (χ3n) is 2.77. The predicted molar refractivity (Wildman–Crippen MR) is 79.1 cm³/mol. The van der Waals surface area contributed by atoms with Crippen molar-refractivity contribution in [2.24, 2.45) is 0 Å². The van der Waals surface area contributed by atoms with Crippen LogP contribution in [-0.2, 0) is 19.9 Å². The Morgan fingerprint density at radius 2 is 2.05 bits per heavy atom. The molecule has 0 heterocycles. The molecule has 0 N–H and O–H groups in total. The average Bonchev–Trinajstić information content (AvgIpc) is 2.44. The highest BCUT2D eigenvalue weighted by molar-refractivity contribution is 5.88. The molecule has 1 atom stereocenters. The molecule has 3 nitrogen and oxygen atoms in total. The van der Waals surface area contributed by atoms with E-state index in [1.54, 1.807) is 13.0 Å². The van der Waals surface area contributed by atoms with Crippen LogP contribution in [0.4, 0.5) is 0 Å². The molecule has 1 aromatic rings. The molecule has 0 saturated heterocycles. The topological polar surface area (TPSA) is 35.5 Å². The Kier molecular flexibility index (Phi) is 6.02. The van der Waals surface area contributed by atoms with Crippen LogP contribution in [0.15, 0.2) is 36.9 Å². The molecule has 0 spiro atoms. The zero-order chi connectivity index (χ0) is 15.0. The van der Waals surface area contributed by atoms with E-state index in [0.717, 1.165) is 11.1 Å². The fourth-order valence-electron chi connectivity index (χ4n) is 1.63. The molecule has 0 aliphatic rings. The van der Waals surface area contributed by atoms with E-state index >= 15 is 0 Å². The van der Waals surface area contributed by atoms with Crippen molar-refractivity contribution in [3.8, 4) is 11.8 Å². The number of benzene rings is 1. The first kappa shape index (κ1) is 16.0. The van der Waals surface area contributed by atoms with Crippen LogP contribution >= 0.6 is 0 Å². The zero-order valence-electron chi connectivity index (χ0n) is 12.2. The molecule has 1 aromatic carbocycles. The van der Waals surface area contributed by atoms with Crippen LogP contribution in [-0.4, -0.2) is 19.2 Å². The molecule has 0 fully saturated rings. The zero-order valence-corrected chi connectivity index (χ0v) is 12.2. The molecule has 1 rings (SSSR count). The van der Waals surface area contributed by atoms with E-state index in [1.165, 1.54) is 0 Å². The van der Waals surface area contributed by atoms with Gasteiger partial charge in [0.1, 0.15) is 0 Å². The molecule has 3 heteroatoms. The second kappa shape index (κ2) is 7.52. The van der Waals surface area contributed by atoms with Gasteiger partial charge in [-0.05, 0) is 26.3 Å². The van der Waals surface area contributed by atoms with Gasteiger partial charge in [0.25, 0.3) is 0 Å². The summed E-state index contributed by atoms with van der Waals surface area (Å²) in [5.74, 6) is 4.78. The highest BCUT2D eigenvalue weighted by atomic mass is 16.5. The predicted octanol–water partition coefficient (Wildman–Crippen LogP) is 2.98. The smallest absolute Gasteiger partial charge is 0.384 e. The molecule has 0 saturated carbocycles. The number of carbonyl (C=O) groups is 1. The van der Waals surface area contributed by atoms with E-state index in [0.29, 0.717) is 13.2 Å². The first-order valence-corrected chi connectivity index (χ1v) is 6.53. The van der Waals surface area contributed by atoms with Crippen molar-refractivity contribution < 1.29 is 14.3 Å². The van der Waals surface area contributed by atoms with E-state index in [1.807, 2.05) is 38.1 Å². The van der Waals surface area contributed by atoms with Gasteiger partial charge in [-0.3, -0.25) is 0 Å². The molecule has 20 heavy (non-hydrogen) atoms. The Bertz CT molecular complexity index is 519. The summed E-state index contributed by atoms with van der Waals surface area (Å²) in [4.78, 5) is 11.4. The van der Waals surface area contributed by atoms with Crippen molar-refractivity contribution in [2.75, 3.05) is 13.2 Å². The highest BCUT2D eigenvalue weighted by Gasteiger charge is 2.25. The number of hydrogen-bond acceptors (Lipinski definition) is 3. The summed E-state index contributed by atoms with van der Waals surface area (Å²) < 4.78 is 10.5. The van der Waals surface area contributed by atoms with Crippen molar-refractivity contribution in [1.29, 1.82) is 0 Å². The van der Waals surface area contributed by atoms with E-state index < -0.39 is 11.6 Å². The second-order valence-corrected chi connectivity index (χ2v) is 4.47. The molecule has 0 unspecified atom stereocenters. The summed E-state index contributed by atoms with van der Waals surface area (Å²) in [6.45, 7) is 9.87. The quantitative estimate of drug-likeness (QED) is 0.358. The minimum atomic E-state index is -0.866. The number of aryl methyl sites for hydroxylation is 1. The van der Waals surface area contributed by atoms with E-state index in [-0.39, 0.29) is 0 Å². The Morgan fingerprint density at radius 3 is 2.60 bits per heavy atom. The third kappa shape index (κ3) is 4.56. The van der Waals surface area contributed by atoms with E-state index in [9.17, 15) is 4.79 Å². The van der Waals surface area contributed by atoms with E-state index in [4.69, 9.17) is 9.47 Å². The van der Waals surface area contributed by atoms with Gasteiger partial charge in [-0.15, -0.1) is 6.58 Å². The SMILES string of the molecule is C=CCO[C@@](C)(C#CC(=O)OCC)c1ccc(C)cc1. The summed E-state index contributed by atoms with van der Waals surface area (Å²) >= 11 is 0. The van der Waals surface area contributed by atoms with Crippen LogP contribution in [0.25, 0.3) is 0 Å². The molecule has 0 aliphatic heterocycles. The maximum absolute atomic E-state index is 11.4. The van der Waals surface area contributed by atoms with Crippen LogP contribution in [0.2, 0.25) is 0 Å². The molecule has 0 aliphatic carbocycles. The lowest BCUT2D eigenvalue weighted by atomic mass is 9.95. The largest absolute Gasteiger partial charge is 0.456 e. The summed E-state index contributed by atoms with van der Waals surface area (Å²) in [5.41, 5.74) is 1.18. The van der Waals surface area contributed by atoms with Crippen LogP contribution in [0.5, 0.6) is 0 Å². The highest BCUT2D eigenvalue weighted by Crippen LogP contribution is 2.25. The number of carbonyl (C=O) groups excluding carboxylic acids is 1. The summed E-state index contributed by atoms with van der Waals surface area (Å²) in [7, 11) is 0. The molecular weight excluding hydrogens is 252 g/mol. The second-order valence-electron chi connectivity index (χ2n) is 4.47. The van der Waals surface area contributed by atoms with Gasteiger partial charge in [0, 0.05) is 5.92 Å². The van der Waals surface area contributed by atoms with Crippen molar-refractivity contribution in [3.63, 3.8) is 0 Å². The van der Waals surface area contributed by atoms with Gasteiger partial charge in [-0.2, -0.15) is 0 Å². The Hall–Kier alpha value is -2.05. The van der Waals surface area contributed by atoms with Gasteiger partial charge in [0.05, 0.1) is 13.2 Å². The molecular formula is C17H20O3. The van der Waals surface area contributed by atoms with Crippen molar-refractivity contribution in [3.05, 3.63) is 48.0 Å². The summed E-state index contributed by atoms with van der Waals surface area (Å²) in [5, 5.41) is 0. The Balaban J connectivity index is 3.05. The molecule has 0 bridgehead atoms. The van der Waals surface area contributed by atoms with Crippen molar-refractivity contribution in [2.45, 2.75) is 26.4 Å². The monoisotopic (exact) mass is 272 g/mol. The Labute approximate surface area is 120 Å². The van der Waals surface area contributed by atoms with Gasteiger partial charge < -0.3 is 9.47 Å². The van der Waals surface area contributed by atoms with Crippen LogP contribution in [0.3, 0.4) is 0 Å². The summed E-state index contributed by atoms with van der Waals surface area (Å²) in [6.07, 6.45) is 1.65. The van der Waals surface area contributed by atoms with Crippen molar-refractivity contribution in [1.82, 2.24) is 0 Å². The molecule has 106 valence electrons. The van der Waals surface area contributed by atoms with Gasteiger partial charge in [0.2, 0.25) is 0 Å². The minimum absolute atomic E-state index is 0.308. The molecule has 0 amide bonds. The first-order chi connectivity index (χ1) is 9.51. The number of hydrogen-bond donors (Lipinski definition) is 0. The maximum Gasteiger partial charge on any atom is 0.384 e. The van der Waals surface area contributed by atoms with Crippen LogP contribution in [0.1, 0.15) is 25.0 Å². The van der Waals surface area contributed by atoms with Crippen molar-refractivity contribution >= 4 is 5.97 Å². The maximum atomic E-state index is 11.4. The van der Waals surface area contributed by atoms with Gasteiger partial charge >= 0.3 is 5.97 Å². The van der Waals surface area contributed by atoms with Crippen LogP contribution < -0.4 is 0 Å². The lowest BCUT2D eigenvalue weighted by Gasteiger charge is -2.24. The molecule has 0 radical (unpaired) electrons. The van der Waals surface area contributed by atoms with Gasteiger partial charge in [-0.1, -0.05) is 41.8 Å². The standard InChI is InChI=1S/C17H20O3/c1-5-13-20-17(4,12-11-16(18)19-6-2)15-9-7-14(3)8-10-15/h5,7-10H,1,6,13H2,2-4H3/t17-/m0/s1. The number of esters is 1. The third-order valence-corrected chi connectivity index (χ3v) is 2.77. The first-order valence-electron chi connectivity index (χ1n) is 6.53. The lowest BCUT2D eigenvalue weighted by Crippen LogP contribution is -2.24. The van der Waals surface area contributed by atoms with Gasteiger partial charge in [0.15, 0.2) is 5.60 Å². The lowest BCUT2D eigenvalue weighted by molar-refractivity contribution is -0.136. The van der Waals surface area contributed by atoms with Crippen LogP contribution in [0, 0.1) is 18.8 Å². The molecule has 0 aromatic heterocycles. The normalized spacial score (nSPS) is 12.8. The fourth-order valence-corrected chi connectivity index (χ4v) is 1.63. The van der Waals surface area contributed by atoms with E-state index in [2.05, 4.69) is 18.4 Å². The average molecular weight is 272 g/mol. The fraction of sp³-hybridized carbons (Fsp3) is 0.353. The number of ether oxygens (including phenoxy) is 2. The number of rotatable bonds is 5. The summed E-state index contributed by atoms with van der Waals surface area (Å²) in [6, 6.07) is 7.85. The Morgan fingerprint density at radius 1 is 1.40 bits per heavy atom. The minimum Gasteiger partial charge on any atom is -0.456 e. The van der Waals surface area contributed by atoms with Gasteiger partial charge in [-0.25, -0.2) is 4.79 Å².